The largest absolute Gasteiger partial charge is 0.393 e. The van der Waals surface area contributed by atoms with E-state index >= 15 is 0 Å². The molecule has 0 radical (unpaired) electrons. The molecule has 1 heterocycles. The first-order valence-corrected chi connectivity index (χ1v) is 8.51. The van der Waals surface area contributed by atoms with E-state index in [9.17, 15) is 4.39 Å². The number of aromatic nitrogens is 2. The van der Waals surface area contributed by atoms with Gasteiger partial charge in [0.15, 0.2) is 11.6 Å². The van der Waals surface area contributed by atoms with Crippen LogP contribution in [0, 0.1) is 12.7 Å². The highest BCUT2D eigenvalue weighted by molar-refractivity contribution is 5.79. The lowest BCUT2D eigenvalue weighted by atomic mass is 10.2. The first-order chi connectivity index (χ1) is 12.6. The molecule has 26 heavy (non-hydrogen) atoms. The smallest absolute Gasteiger partial charge is 0.161 e. The summed E-state index contributed by atoms with van der Waals surface area (Å²) < 4.78 is 13.0. The first-order valence-electron chi connectivity index (χ1n) is 8.51. The van der Waals surface area contributed by atoms with Crippen molar-refractivity contribution in [1.29, 1.82) is 0 Å². The molecule has 0 aliphatic carbocycles. The van der Waals surface area contributed by atoms with Crippen LogP contribution in [0.3, 0.4) is 0 Å². The van der Waals surface area contributed by atoms with E-state index in [0.717, 1.165) is 17.8 Å². The number of rotatable bonds is 6. The van der Waals surface area contributed by atoms with E-state index < -0.39 is 0 Å². The van der Waals surface area contributed by atoms with Gasteiger partial charge < -0.3 is 16.0 Å². The Bertz CT molecular complexity index is 880. The zero-order valence-corrected chi connectivity index (χ0v) is 14.9. The molecule has 0 saturated heterocycles. The van der Waals surface area contributed by atoms with Crippen LogP contribution in [-0.2, 0) is 6.54 Å². The van der Waals surface area contributed by atoms with Crippen molar-refractivity contribution < 1.29 is 4.39 Å². The number of hydrogen-bond acceptors (Lipinski definition) is 5. The van der Waals surface area contributed by atoms with Crippen LogP contribution in [0.2, 0.25) is 0 Å². The topological polar surface area (TPSA) is 67.1 Å². The van der Waals surface area contributed by atoms with Gasteiger partial charge >= 0.3 is 0 Å². The number of benzene rings is 2. The van der Waals surface area contributed by atoms with Gasteiger partial charge in [-0.25, -0.2) is 14.4 Å². The Morgan fingerprint density at radius 1 is 1.12 bits per heavy atom. The summed E-state index contributed by atoms with van der Waals surface area (Å²) in [5.41, 5.74) is 9.96. The zero-order chi connectivity index (χ0) is 18.5. The normalized spacial score (nSPS) is 10.6. The summed E-state index contributed by atoms with van der Waals surface area (Å²) >= 11 is 0. The molecule has 0 aliphatic rings. The fourth-order valence-electron chi connectivity index (χ4n) is 2.78. The average Bonchev–Trinajstić information content (AvgIpc) is 2.64. The minimum atomic E-state index is -0.255. The van der Waals surface area contributed by atoms with E-state index in [-0.39, 0.29) is 5.82 Å². The third kappa shape index (κ3) is 3.91. The summed E-state index contributed by atoms with van der Waals surface area (Å²) in [4.78, 5) is 10.7. The molecule has 0 unspecified atom stereocenters. The van der Waals surface area contributed by atoms with Gasteiger partial charge in [0, 0.05) is 18.8 Å². The second-order valence-corrected chi connectivity index (χ2v) is 6.02. The van der Waals surface area contributed by atoms with E-state index in [1.54, 1.807) is 12.1 Å². The quantitative estimate of drug-likeness (QED) is 0.694. The van der Waals surface area contributed by atoms with E-state index in [0.29, 0.717) is 23.9 Å². The lowest BCUT2D eigenvalue weighted by molar-refractivity contribution is 0.627. The van der Waals surface area contributed by atoms with Gasteiger partial charge in [-0.3, -0.25) is 0 Å². The Hall–Kier alpha value is -3.15. The van der Waals surface area contributed by atoms with Gasteiger partial charge in [-0.05, 0) is 49.2 Å². The average molecular weight is 351 g/mol. The van der Waals surface area contributed by atoms with Gasteiger partial charge in [0.05, 0.1) is 0 Å². The van der Waals surface area contributed by atoms with E-state index in [1.165, 1.54) is 24.0 Å². The Kier molecular flexibility index (Phi) is 5.31. The number of nitrogens with two attached hydrogens (primary N) is 1. The van der Waals surface area contributed by atoms with Gasteiger partial charge in [-0.2, -0.15) is 0 Å². The number of nitrogens with one attached hydrogen (secondary N) is 1. The third-order valence-corrected chi connectivity index (χ3v) is 4.12. The van der Waals surface area contributed by atoms with E-state index in [4.69, 9.17) is 5.73 Å². The molecule has 0 atom stereocenters. The van der Waals surface area contributed by atoms with Crippen LogP contribution in [-0.4, -0.2) is 16.5 Å². The maximum Gasteiger partial charge on any atom is 0.161 e. The molecule has 0 bridgehead atoms. The fourth-order valence-corrected chi connectivity index (χ4v) is 2.78. The number of halogens is 1. The van der Waals surface area contributed by atoms with Crippen molar-refractivity contribution in [3.63, 3.8) is 0 Å². The predicted octanol–water partition coefficient (Wildman–Crippen LogP) is 4.28. The van der Waals surface area contributed by atoms with Crippen LogP contribution in [0.5, 0.6) is 0 Å². The van der Waals surface area contributed by atoms with Gasteiger partial charge in [0.25, 0.3) is 0 Å². The van der Waals surface area contributed by atoms with Crippen molar-refractivity contribution in [2.75, 3.05) is 22.5 Å². The molecule has 0 aliphatic heterocycles. The molecule has 2 aromatic carbocycles. The molecule has 134 valence electrons. The number of aryl methyl sites for hydroxylation is 1. The van der Waals surface area contributed by atoms with Crippen LogP contribution >= 0.6 is 0 Å². The van der Waals surface area contributed by atoms with E-state index in [2.05, 4.69) is 41.3 Å². The van der Waals surface area contributed by atoms with Crippen molar-refractivity contribution >= 4 is 23.0 Å². The maximum atomic E-state index is 13.0. The predicted molar refractivity (Wildman–Crippen MR) is 104 cm³/mol. The summed E-state index contributed by atoms with van der Waals surface area (Å²) in [5, 5.41) is 3.21. The Labute approximate surface area is 152 Å². The highest BCUT2D eigenvalue weighted by Gasteiger charge is 2.15. The van der Waals surface area contributed by atoms with Crippen molar-refractivity contribution in [3.05, 3.63) is 71.8 Å². The molecule has 1 aromatic heterocycles. The molecule has 3 aromatic rings. The lowest BCUT2D eigenvalue weighted by Crippen LogP contribution is -2.20. The zero-order valence-electron chi connectivity index (χ0n) is 14.9. The monoisotopic (exact) mass is 351 g/mol. The Balaban J connectivity index is 1.84. The highest BCUT2D eigenvalue weighted by atomic mass is 19.1. The minimum absolute atomic E-state index is 0.255. The molecule has 0 spiro atoms. The summed E-state index contributed by atoms with van der Waals surface area (Å²) in [5.74, 6) is 0.967. The third-order valence-electron chi connectivity index (χ3n) is 4.12. The van der Waals surface area contributed by atoms with Gasteiger partial charge in [0.2, 0.25) is 0 Å². The second-order valence-electron chi connectivity index (χ2n) is 6.02. The number of nitrogen functional groups attached to an aromatic ring is 1. The summed E-state index contributed by atoms with van der Waals surface area (Å²) in [7, 11) is 0. The van der Waals surface area contributed by atoms with Crippen molar-refractivity contribution in [1.82, 2.24) is 9.97 Å². The number of hydrogen-bond donors (Lipinski definition) is 2. The van der Waals surface area contributed by atoms with Crippen LogP contribution in [0.1, 0.15) is 18.1 Å². The van der Waals surface area contributed by atoms with Crippen LogP contribution in [0.25, 0.3) is 0 Å². The molecule has 3 N–H and O–H groups in total. The molecular weight excluding hydrogens is 329 g/mol. The van der Waals surface area contributed by atoms with Crippen molar-refractivity contribution in [2.45, 2.75) is 20.4 Å². The Morgan fingerprint density at radius 3 is 2.58 bits per heavy atom. The number of nitrogens with zero attached hydrogens (tertiary/aromatic N) is 3. The molecule has 3 rings (SSSR count). The summed E-state index contributed by atoms with van der Waals surface area (Å²) in [6.45, 7) is 5.32. The minimum Gasteiger partial charge on any atom is -0.393 e. The fraction of sp³-hybridized carbons (Fsp3) is 0.200. The summed E-state index contributed by atoms with van der Waals surface area (Å²) in [6, 6.07) is 14.5. The van der Waals surface area contributed by atoms with Gasteiger partial charge in [-0.15, -0.1) is 0 Å². The molecular formula is C20H22FN5. The van der Waals surface area contributed by atoms with Gasteiger partial charge in [0.1, 0.15) is 17.8 Å². The standard InChI is InChI=1S/C20H22FN5/c1-3-26(17-6-4-5-14(2)11-17)20-18(22)19(24-13-25-20)23-12-15-7-9-16(21)10-8-15/h4-11,13H,3,12,22H2,1-2H3,(H,23,24,25). The lowest BCUT2D eigenvalue weighted by Gasteiger charge is -2.24. The number of anilines is 4. The molecule has 5 nitrogen and oxygen atoms in total. The Morgan fingerprint density at radius 2 is 1.88 bits per heavy atom. The van der Waals surface area contributed by atoms with Crippen LogP contribution in [0.15, 0.2) is 54.9 Å². The van der Waals surface area contributed by atoms with Crippen molar-refractivity contribution in [2.24, 2.45) is 0 Å². The van der Waals surface area contributed by atoms with Crippen LogP contribution < -0.4 is 16.0 Å². The SMILES string of the molecule is CCN(c1cccc(C)c1)c1ncnc(NCc2ccc(F)cc2)c1N. The molecule has 6 heteroatoms. The molecule has 0 fully saturated rings. The highest BCUT2D eigenvalue weighted by Crippen LogP contribution is 2.32. The van der Waals surface area contributed by atoms with Crippen LogP contribution in [0.4, 0.5) is 27.4 Å². The molecule has 0 saturated carbocycles. The molecule has 0 amide bonds. The first kappa shape index (κ1) is 17.7. The van der Waals surface area contributed by atoms with Gasteiger partial charge in [-0.1, -0.05) is 24.3 Å². The van der Waals surface area contributed by atoms with Crippen molar-refractivity contribution in [3.8, 4) is 0 Å². The second kappa shape index (κ2) is 7.82. The maximum absolute atomic E-state index is 13.0. The van der Waals surface area contributed by atoms with E-state index in [1.807, 2.05) is 17.0 Å². The summed E-state index contributed by atoms with van der Waals surface area (Å²) in [6.07, 6.45) is 1.50.